The van der Waals surface area contributed by atoms with E-state index in [0.717, 1.165) is 39.1 Å². The molecule has 5 heteroatoms. The molecule has 0 aliphatic carbocycles. The Morgan fingerprint density at radius 2 is 1.81 bits per heavy atom. The number of aromatic nitrogens is 1. The van der Waals surface area contributed by atoms with Crippen molar-refractivity contribution in [2.24, 2.45) is 5.41 Å². The molecular formula is C22H29N3OS. The van der Waals surface area contributed by atoms with E-state index in [9.17, 15) is 4.79 Å². The molecule has 2 saturated heterocycles. The maximum atomic E-state index is 12.5. The van der Waals surface area contributed by atoms with Crippen LogP contribution in [0.4, 0.5) is 0 Å². The van der Waals surface area contributed by atoms with Crippen molar-refractivity contribution >= 4 is 17.2 Å². The average molecular weight is 384 g/mol. The molecule has 2 aromatic rings. The van der Waals surface area contributed by atoms with Gasteiger partial charge in [-0.05, 0) is 57.2 Å². The number of thiazole rings is 1. The van der Waals surface area contributed by atoms with Crippen molar-refractivity contribution in [2.75, 3.05) is 19.6 Å². The summed E-state index contributed by atoms with van der Waals surface area (Å²) in [6, 6.07) is 10.4. The lowest BCUT2D eigenvalue weighted by Crippen LogP contribution is -2.51. The van der Waals surface area contributed by atoms with E-state index < -0.39 is 0 Å². The lowest BCUT2D eigenvalue weighted by Gasteiger charge is -2.47. The number of benzene rings is 1. The lowest BCUT2D eigenvalue weighted by molar-refractivity contribution is -0.140. The summed E-state index contributed by atoms with van der Waals surface area (Å²) in [4.78, 5) is 23.1. The first-order valence-electron chi connectivity index (χ1n) is 10.00. The van der Waals surface area contributed by atoms with E-state index in [2.05, 4.69) is 52.9 Å². The summed E-state index contributed by atoms with van der Waals surface area (Å²) in [5.74, 6) is 0.322. The molecule has 144 valence electrons. The number of amides is 1. The third-order valence-corrected chi connectivity index (χ3v) is 7.31. The minimum Gasteiger partial charge on any atom is -0.338 e. The second kappa shape index (κ2) is 7.72. The minimum atomic E-state index is 0.317. The highest BCUT2D eigenvalue weighted by Crippen LogP contribution is 2.41. The van der Waals surface area contributed by atoms with Gasteiger partial charge in [-0.2, -0.15) is 0 Å². The van der Waals surface area contributed by atoms with Crippen LogP contribution in [0.25, 0.3) is 0 Å². The van der Waals surface area contributed by atoms with Gasteiger partial charge in [0.25, 0.3) is 0 Å². The van der Waals surface area contributed by atoms with Crippen LogP contribution in [0, 0.1) is 19.3 Å². The van der Waals surface area contributed by atoms with Crippen molar-refractivity contribution in [2.45, 2.75) is 52.6 Å². The van der Waals surface area contributed by atoms with Crippen molar-refractivity contribution in [3.8, 4) is 0 Å². The van der Waals surface area contributed by atoms with Gasteiger partial charge in [-0.3, -0.25) is 9.69 Å². The highest BCUT2D eigenvalue weighted by Gasteiger charge is 2.40. The first-order valence-corrected chi connectivity index (χ1v) is 10.8. The summed E-state index contributed by atoms with van der Waals surface area (Å²) in [5.41, 5.74) is 2.74. The van der Waals surface area contributed by atoms with E-state index in [1.807, 2.05) is 17.4 Å². The summed E-state index contributed by atoms with van der Waals surface area (Å²) in [6.45, 7) is 9.18. The average Bonchev–Trinajstić information content (AvgIpc) is 2.98. The van der Waals surface area contributed by atoms with Crippen molar-refractivity contribution in [3.05, 3.63) is 51.5 Å². The molecule has 0 N–H and O–H groups in total. The second-order valence-electron chi connectivity index (χ2n) is 8.25. The van der Waals surface area contributed by atoms with Gasteiger partial charge in [0.1, 0.15) is 0 Å². The number of likely N-dealkylation sites (tertiary alicyclic amines) is 2. The molecule has 2 aliphatic rings. The molecular weight excluding hydrogens is 354 g/mol. The molecule has 1 aromatic carbocycles. The van der Waals surface area contributed by atoms with Crippen LogP contribution in [0.3, 0.4) is 0 Å². The predicted octanol–water partition coefficient (Wildman–Crippen LogP) is 4.16. The fourth-order valence-corrected chi connectivity index (χ4v) is 5.55. The van der Waals surface area contributed by atoms with Gasteiger partial charge in [0.15, 0.2) is 0 Å². The quantitative estimate of drug-likeness (QED) is 0.795. The lowest BCUT2D eigenvalue weighted by atomic mass is 9.72. The summed E-state index contributed by atoms with van der Waals surface area (Å²) < 4.78 is 0. The highest BCUT2D eigenvalue weighted by atomic mass is 32.1. The van der Waals surface area contributed by atoms with Crippen LogP contribution in [0.2, 0.25) is 0 Å². The molecule has 2 aliphatic heterocycles. The smallest absolute Gasteiger partial charge is 0.222 e. The Labute approximate surface area is 166 Å². The Bertz CT molecular complexity index is 793. The number of hydrogen-bond acceptors (Lipinski definition) is 4. The maximum Gasteiger partial charge on any atom is 0.222 e. The fraction of sp³-hybridized carbons (Fsp3) is 0.545. The van der Waals surface area contributed by atoms with Gasteiger partial charge in [0.2, 0.25) is 5.91 Å². The molecule has 0 bridgehead atoms. The SMILES string of the molecule is Cc1nc(C)c(CN2CCC3(CCC(=O)N(Cc4ccccc4)C3)CC2)s1. The van der Waals surface area contributed by atoms with E-state index in [4.69, 9.17) is 0 Å². The zero-order valence-electron chi connectivity index (χ0n) is 16.4. The fourth-order valence-electron chi connectivity index (χ4n) is 4.57. The topological polar surface area (TPSA) is 36.4 Å². The van der Waals surface area contributed by atoms with Gasteiger partial charge in [0, 0.05) is 30.9 Å². The van der Waals surface area contributed by atoms with Gasteiger partial charge < -0.3 is 4.90 Å². The Kier molecular flexibility index (Phi) is 5.33. The first-order chi connectivity index (χ1) is 13.0. The summed E-state index contributed by atoms with van der Waals surface area (Å²) >= 11 is 1.83. The second-order valence-corrected chi connectivity index (χ2v) is 9.54. The Morgan fingerprint density at radius 3 is 2.48 bits per heavy atom. The monoisotopic (exact) mass is 383 g/mol. The van der Waals surface area contributed by atoms with Crippen molar-refractivity contribution in [1.29, 1.82) is 0 Å². The van der Waals surface area contributed by atoms with Gasteiger partial charge >= 0.3 is 0 Å². The number of carbonyl (C=O) groups excluding carboxylic acids is 1. The van der Waals surface area contributed by atoms with Crippen LogP contribution in [-0.2, 0) is 17.9 Å². The first kappa shape index (κ1) is 18.6. The van der Waals surface area contributed by atoms with Crippen molar-refractivity contribution in [1.82, 2.24) is 14.8 Å². The van der Waals surface area contributed by atoms with Crippen molar-refractivity contribution in [3.63, 3.8) is 0 Å². The Morgan fingerprint density at radius 1 is 1.07 bits per heavy atom. The normalized spacial score (nSPS) is 20.4. The van der Waals surface area contributed by atoms with Crippen LogP contribution < -0.4 is 0 Å². The Hall–Kier alpha value is -1.72. The van der Waals surface area contributed by atoms with E-state index in [0.29, 0.717) is 17.7 Å². The van der Waals surface area contributed by atoms with Crippen LogP contribution in [0.15, 0.2) is 30.3 Å². The maximum absolute atomic E-state index is 12.5. The zero-order chi connectivity index (χ0) is 18.9. The van der Waals surface area contributed by atoms with Crippen LogP contribution >= 0.6 is 11.3 Å². The zero-order valence-corrected chi connectivity index (χ0v) is 17.2. The molecule has 27 heavy (non-hydrogen) atoms. The molecule has 0 radical (unpaired) electrons. The number of carbonyl (C=O) groups is 1. The van der Waals surface area contributed by atoms with Crippen molar-refractivity contribution < 1.29 is 4.79 Å². The van der Waals surface area contributed by atoms with E-state index >= 15 is 0 Å². The number of piperidine rings is 2. The summed E-state index contributed by atoms with van der Waals surface area (Å²) in [7, 11) is 0. The molecule has 4 rings (SSSR count). The third kappa shape index (κ3) is 4.25. The largest absolute Gasteiger partial charge is 0.338 e. The molecule has 1 aromatic heterocycles. The van der Waals surface area contributed by atoms with E-state index in [-0.39, 0.29) is 0 Å². The van der Waals surface area contributed by atoms with Crippen LogP contribution in [0.1, 0.15) is 46.8 Å². The molecule has 0 atom stereocenters. The highest BCUT2D eigenvalue weighted by molar-refractivity contribution is 7.11. The van der Waals surface area contributed by atoms with Gasteiger partial charge in [-0.1, -0.05) is 30.3 Å². The predicted molar refractivity (Wildman–Crippen MR) is 110 cm³/mol. The van der Waals surface area contributed by atoms with E-state index in [1.165, 1.54) is 34.0 Å². The molecule has 3 heterocycles. The third-order valence-electron chi connectivity index (χ3n) is 6.25. The van der Waals surface area contributed by atoms with Gasteiger partial charge in [0.05, 0.1) is 10.7 Å². The van der Waals surface area contributed by atoms with Crippen LogP contribution in [0.5, 0.6) is 0 Å². The van der Waals surface area contributed by atoms with Gasteiger partial charge in [-0.25, -0.2) is 4.98 Å². The number of nitrogens with zero attached hydrogens (tertiary/aromatic N) is 3. The molecule has 1 amide bonds. The number of hydrogen-bond donors (Lipinski definition) is 0. The molecule has 0 saturated carbocycles. The van der Waals surface area contributed by atoms with E-state index in [1.54, 1.807) is 0 Å². The summed E-state index contributed by atoms with van der Waals surface area (Å²) in [6.07, 6.45) is 4.16. The number of rotatable bonds is 4. The molecule has 4 nitrogen and oxygen atoms in total. The minimum absolute atomic E-state index is 0.317. The van der Waals surface area contributed by atoms with Crippen LogP contribution in [-0.4, -0.2) is 40.3 Å². The molecule has 2 fully saturated rings. The molecule has 1 spiro atoms. The molecule has 0 unspecified atom stereocenters. The standard InChI is InChI=1S/C22H29N3OS/c1-17-20(27-18(2)23-17)15-24-12-10-22(11-13-24)9-8-21(26)25(16-22)14-19-6-4-3-5-7-19/h3-7H,8-16H2,1-2H3. The van der Waals surface area contributed by atoms with Gasteiger partial charge in [-0.15, -0.1) is 11.3 Å². The number of aryl methyl sites for hydroxylation is 2. The summed E-state index contributed by atoms with van der Waals surface area (Å²) in [5, 5.41) is 1.17. The Balaban J connectivity index is 1.37.